The SMILES string of the molecule is C=C(C)[C@H]1CC[C@@]2(C)CCCC(=O)[C@H]12. The Kier molecular flexibility index (Phi) is 2.29. The van der Waals surface area contributed by atoms with Gasteiger partial charge in [0, 0.05) is 12.3 Å². The molecule has 2 aliphatic rings. The molecule has 0 N–H and O–H groups in total. The van der Waals surface area contributed by atoms with E-state index in [-0.39, 0.29) is 0 Å². The van der Waals surface area contributed by atoms with Crippen molar-refractivity contribution in [2.75, 3.05) is 0 Å². The molecule has 0 aromatic heterocycles. The van der Waals surface area contributed by atoms with Crippen molar-refractivity contribution < 1.29 is 4.79 Å². The Morgan fingerprint density at radius 3 is 2.86 bits per heavy atom. The van der Waals surface area contributed by atoms with E-state index in [1.54, 1.807) is 0 Å². The van der Waals surface area contributed by atoms with Gasteiger partial charge < -0.3 is 0 Å². The monoisotopic (exact) mass is 192 g/mol. The van der Waals surface area contributed by atoms with Crippen LogP contribution in [0.2, 0.25) is 0 Å². The minimum atomic E-state index is 0.300. The summed E-state index contributed by atoms with van der Waals surface area (Å²) >= 11 is 0. The maximum atomic E-state index is 12.0. The van der Waals surface area contributed by atoms with E-state index in [4.69, 9.17) is 0 Å². The molecule has 2 rings (SSSR count). The molecule has 2 aliphatic carbocycles. The zero-order valence-electron chi connectivity index (χ0n) is 9.31. The highest BCUT2D eigenvalue weighted by Gasteiger charge is 2.50. The van der Waals surface area contributed by atoms with Crippen LogP contribution in [0.4, 0.5) is 0 Å². The summed E-state index contributed by atoms with van der Waals surface area (Å²) in [7, 11) is 0. The second-order valence-corrected chi connectivity index (χ2v) is 5.44. The first-order valence-corrected chi connectivity index (χ1v) is 5.73. The number of carbonyl (C=O) groups excluding carboxylic acids is 1. The number of hydrogen-bond donors (Lipinski definition) is 0. The third kappa shape index (κ3) is 1.34. The second kappa shape index (κ2) is 3.22. The molecule has 0 spiro atoms. The summed E-state index contributed by atoms with van der Waals surface area (Å²) in [6, 6.07) is 0. The highest BCUT2D eigenvalue weighted by atomic mass is 16.1. The van der Waals surface area contributed by atoms with Crippen molar-refractivity contribution in [2.45, 2.75) is 46.0 Å². The molecular formula is C13H20O. The van der Waals surface area contributed by atoms with Crippen LogP contribution in [-0.4, -0.2) is 5.78 Å². The van der Waals surface area contributed by atoms with Crippen LogP contribution in [0.1, 0.15) is 46.0 Å². The van der Waals surface area contributed by atoms with Crippen LogP contribution in [0.3, 0.4) is 0 Å². The third-order valence-corrected chi connectivity index (χ3v) is 4.33. The molecule has 0 aromatic rings. The molecule has 0 aromatic carbocycles. The van der Waals surface area contributed by atoms with E-state index in [1.807, 2.05) is 0 Å². The van der Waals surface area contributed by atoms with Crippen LogP contribution in [0.25, 0.3) is 0 Å². The molecule has 0 bridgehead atoms. The Morgan fingerprint density at radius 1 is 1.50 bits per heavy atom. The Labute approximate surface area is 86.6 Å². The van der Waals surface area contributed by atoms with Gasteiger partial charge in [0.2, 0.25) is 0 Å². The Balaban J connectivity index is 2.29. The Morgan fingerprint density at radius 2 is 2.21 bits per heavy atom. The van der Waals surface area contributed by atoms with Crippen LogP contribution < -0.4 is 0 Å². The van der Waals surface area contributed by atoms with Crippen LogP contribution in [0, 0.1) is 17.3 Å². The topological polar surface area (TPSA) is 17.1 Å². The van der Waals surface area contributed by atoms with Gasteiger partial charge in [-0.2, -0.15) is 0 Å². The van der Waals surface area contributed by atoms with Gasteiger partial charge in [-0.3, -0.25) is 4.79 Å². The lowest BCUT2D eigenvalue weighted by molar-refractivity contribution is -0.129. The fourth-order valence-corrected chi connectivity index (χ4v) is 3.54. The van der Waals surface area contributed by atoms with Crippen LogP contribution in [-0.2, 0) is 4.79 Å². The summed E-state index contributed by atoms with van der Waals surface area (Å²) in [4.78, 5) is 12.0. The minimum absolute atomic E-state index is 0.300. The van der Waals surface area contributed by atoms with E-state index in [2.05, 4.69) is 20.4 Å². The Hall–Kier alpha value is -0.590. The number of carbonyl (C=O) groups is 1. The third-order valence-electron chi connectivity index (χ3n) is 4.33. The van der Waals surface area contributed by atoms with E-state index >= 15 is 0 Å². The minimum Gasteiger partial charge on any atom is -0.299 e. The van der Waals surface area contributed by atoms with Gasteiger partial charge in [-0.05, 0) is 43.9 Å². The van der Waals surface area contributed by atoms with Crippen LogP contribution >= 0.6 is 0 Å². The van der Waals surface area contributed by atoms with E-state index < -0.39 is 0 Å². The average molecular weight is 192 g/mol. The molecule has 0 amide bonds. The van der Waals surface area contributed by atoms with Crippen LogP contribution in [0.5, 0.6) is 0 Å². The number of ketones is 1. The lowest BCUT2D eigenvalue weighted by Crippen LogP contribution is -2.36. The summed E-state index contributed by atoms with van der Waals surface area (Å²) in [5, 5.41) is 0. The number of Topliss-reactive ketones (excluding diaryl/α,β-unsaturated/α-hetero) is 1. The predicted molar refractivity (Wildman–Crippen MR) is 58.0 cm³/mol. The van der Waals surface area contributed by atoms with E-state index in [0.717, 1.165) is 12.8 Å². The van der Waals surface area contributed by atoms with Gasteiger partial charge in [-0.25, -0.2) is 0 Å². The molecule has 2 saturated carbocycles. The molecule has 1 heteroatoms. The van der Waals surface area contributed by atoms with Gasteiger partial charge in [0.1, 0.15) is 5.78 Å². The van der Waals surface area contributed by atoms with E-state index in [1.165, 1.54) is 24.8 Å². The van der Waals surface area contributed by atoms with Gasteiger partial charge in [0.15, 0.2) is 0 Å². The van der Waals surface area contributed by atoms with E-state index in [0.29, 0.717) is 23.0 Å². The average Bonchev–Trinajstić information content (AvgIpc) is 2.43. The number of fused-ring (bicyclic) bond motifs is 1. The largest absolute Gasteiger partial charge is 0.299 e. The van der Waals surface area contributed by atoms with Crippen LogP contribution in [0.15, 0.2) is 12.2 Å². The molecule has 0 heterocycles. The first kappa shape index (κ1) is 9.95. The van der Waals surface area contributed by atoms with Gasteiger partial charge >= 0.3 is 0 Å². The van der Waals surface area contributed by atoms with Crippen molar-refractivity contribution >= 4 is 5.78 Å². The zero-order chi connectivity index (χ0) is 10.3. The van der Waals surface area contributed by atoms with Gasteiger partial charge in [0.05, 0.1) is 0 Å². The summed E-state index contributed by atoms with van der Waals surface area (Å²) in [5.41, 5.74) is 1.52. The molecule has 0 radical (unpaired) electrons. The van der Waals surface area contributed by atoms with E-state index in [9.17, 15) is 4.79 Å². The molecular weight excluding hydrogens is 172 g/mol. The van der Waals surface area contributed by atoms with Gasteiger partial charge in [-0.15, -0.1) is 0 Å². The molecule has 1 nitrogen and oxygen atoms in total. The lowest BCUT2D eigenvalue weighted by Gasteiger charge is -2.37. The smallest absolute Gasteiger partial charge is 0.137 e. The molecule has 2 fully saturated rings. The van der Waals surface area contributed by atoms with Gasteiger partial charge in [-0.1, -0.05) is 19.1 Å². The van der Waals surface area contributed by atoms with Crippen molar-refractivity contribution in [1.82, 2.24) is 0 Å². The molecule has 0 unspecified atom stereocenters. The predicted octanol–water partition coefficient (Wildman–Crippen LogP) is 3.35. The summed E-state index contributed by atoms with van der Waals surface area (Å²) in [5.74, 6) is 1.28. The first-order chi connectivity index (χ1) is 6.54. The standard InChI is InChI=1S/C13H20O/c1-9(2)10-6-8-13(3)7-4-5-11(14)12(10)13/h10,12H,1,4-8H2,2-3H3/t10-,12+,13-/m1/s1. The Bertz CT molecular complexity index is 279. The summed E-state index contributed by atoms with van der Waals surface area (Å²) in [6.07, 6.45) is 5.56. The fraction of sp³-hybridized carbons (Fsp3) is 0.769. The zero-order valence-corrected chi connectivity index (χ0v) is 9.31. The summed E-state index contributed by atoms with van der Waals surface area (Å²) < 4.78 is 0. The maximum Gasteiger partial charge on any atom is 0.137 e. The molecule has 0 saturated heterocycles. The number of allylic oxidation sites excluding steroid dienone is 1. The van der Waals surface area contributed by atoms with Crippen molar-refractivity contribution in [3.63, 3.8) is 0 Å². The number of rotatable bonds is 1. The maximum absolute atomic E-state index is 12.0. The molecule has 14 heavy (non-hydrogen) atoms. The first-order valence-electron chi connectivity index (χ1n) is 5.73. The molecule has 78 valence electrons. The lowest BCUT2D eigenvalue weighted by atomic mass is 9.66. The highest BCUT2D eigenvalue weighted by molar-refractivity contribution is 5.83. The van der Waals surface area contributed by atoms with Crippen molar-refractivity contribution in [3.05, 3.63) is 12.2 Å². The molecule has 3 atom stereocenters. The van der Waals surface area contributed by atoms with Crippen molar-refractivity contribution in [1.29, 1.82) is 0 Å². The quantitative estimate of drug-likeness (QED) is 0.582. The summed E-state index contributed by atoms with van der Waals surface area (Å²) in [6.45, 7) is 8.43. The van der Waals surface area contributed by atoms with Crippen molar-refractivity contribution in [2.24, 2.45) is 17.3 Å². The normalized spacial score (nSPS) is 42.3. The fourth-order valence-electron chi connectivity index (χ4n) is 3.54. The second-order valence-electron chi connectivity index (χ2n) is 5.44. The van der Waals surface area contributed by atoms with Crippen molar-refractivity contribution in [3.8, 4) is 0 Å². The number of hydrogen-bond acceptors (Lipinski definition) is 1. The molecule has 0 aliphatic heterocycles. The van der Waals surface area contributed by atoms with Gasteiger partial charge in [0.25, 0.3) is 0 Å². The highest BCUT2D eigenvalue weighted by Crippen LogP contribution is 2.54.